The second-order valence-electron chi connectivity index (χ2n) is 4.99. The van der Waals surface area contributed by atoms with E-state index in [-0.39, 0.29) is 12.0 Å². The topological polar surface area (TPSA) is 70.7 Å². The number of carbonyl (C=O) groups is 2. The average Bonchev–Trinajstić information content (AvgIpc) is 2.82. The van der Waals surface area contributed by atoms with Crippen LogP contribution < -0.4 is 10.6 Å². The van der Waals surface area contributed by atoms with Crippen molar-refractivity contribution < 1.29 is 14.3 Å². The Morgan fingerprint density at radius 2 is 2.23 bits per heavy atom. The summed E-state index contributed by atoms with van der Waals surface area (Å²) in [6.45, 7) is 4.10. The Bertz CT molecular complexity index is 562. The highest BCUT2D eigenvalue weighted by Gasteiger charge is 2.28. The molecule has 8 heteroatoms. The van der Waals surface area contributed by atoms with E-state index in [2.05, 4.69) is 15.5 Å². The summed E-state index contributed by atoms with van der Waals surface area (Å²) in [6.07, 6.45) is 0.779. The molecule has 1 aromatic rings. The van der Waals surface area contributed by atoms with Crippen molar-refractivity contribution in [2.45, 2.75) is 19.9 Å². The lowest BCUT2D eigenvalue weighted by atomic mass is 10.0. The molecule has 0 saturated carbocycles. The third kappa shape index (κ3) is 3.91. The Kier molecular flexibility index (Phi) is 6.05. The molecule has 0 saturated heterocycles. The minimum atomic E-state index is -0.378. The van der Waals surface area contributed by atoms with Gasteiger partial charge in [0, 0.05) is 30.4 Å². The van der Waals surface area contributed by atoms with Crippen LogP contribution in [0, 0.1) is 0 Å². The van der Waals surface area contributed by atoms with Crippen LogP contribution in [-0.2, 0) is 17.7 Å². The predicted octanol–water partition coefficient (Wildman–Crippen LogP) is 2.27. The standard InChI is InChI=1S/C14H20ClN3O3S/c1-3-21-13(19)11-9-4-7-18(2)8-10(9)22-12(11)17-14(20)16-6-5-15/h3-8H2,1-2H3,(H2,16,17,20). The summed E-state index contributed by atoms with van der Waals surface area (Å²) in [6, 6.07) is -0.363. The largest absolute Gasteiger partial charge is 0.462 e. The molecule has 0 atom stereocenters. The minimum Gasteiger partial charge on any atom is -0.462 e. The highest BCUT2D eigenvalue weighted by Crippen LogP contribution is 2.37. The predicted molar refractivity (Wildman–Crippen MR) is 88.1 cm³/mol. The number of esters is 1. The van der Waals surface area contributed by atoms with Crippen LogP contribution in [0.1, 0.15) is 27.7 Å². The molecule has 0 aromatic carbocycles. The zero-order valence-electron chi connectivity index (χ0n) is 12.7. The summed E-state index contributed by atoms with van der Waals surface area (Å²) in [5.41, 5.74) is 1.49. The van der Waals surface area contributed by atoms with Crippen molar-refractivity contribution in [1.29, 1.82) is 0 Å². The normalized spacial score (nSPS) is 14.3. The van der Waals surface area contributed by atoms with Gasteiger partial charge in [0.2, 0.25) is 0 Å². The first-order valence-corrected chi connectivity index (χ1v) is 8.53. The molecule has 1 aromatic heterocycles. The zero-order chi connectivity index (χ0) is 16.1. The quantitative estimate of drug-likeness (QED) is 0.634. The van der Waals surface area contributed by atoms with Crippen molar-refractivity contribution in [3.8, 4) is 0 Å². The second-order valence-corrected chi connectivity index (χ2v) is 6.47. The number of urea groups is 1. The molecular weight excluding hydrogens is 326 g/mol. The molecule has 2 rings (SSSR count). The third-order valence-electron chi connectivity index (χ3n) is 3.33. The maximum atomic E-state index is 12.3. The van der Waals surface area contributed by atoms with Crippen molar-refractivity contribution in [3.63, 3.8) is 0 Å². The van der Waals surface area contributed by atoms with Gasteiger partial charge < -0.3 is 15.0 Å². The fraction of sp³-hybridized carbons (Fsp3) is 0.571. The molecule has 0 unspecified atom stereocenters. The van der Waals surface area contributed by atoms with Crippen LogP contribution in [0.2, 0.25) is 0 Å². The molecule has 6 nitrogen and oxygen atoms in total. The molecule has 0 radical (unpaired) electrons. The van der Waals surface area contributed by atoms with E-state index in [0.29, 0.717) is 29.6 Å². The maximum Gasteiger partial charge on any atom is 0.341 e. The van der Waals surface area contributed by atoms with Crippen LogP contribution in [0.4, 0.5) is 9.80 Å². The van der Waals surface area contributed by atoms with Crippen molar-refractivity contribution >= 4 is 39.9 Å². The number of fused-ring (bicyclic) bond motifs is 1. The molecule has 0 bridgehead atoms. The van der Waals surface area contributed by atoms with Crippen LogP contribution in [0.3, 0.4) is 0 Å². The molecule has 2 N–H and O–H groups in total. The molecular formula is C14H20ClN3O3S. The lowest BCUT2D eigenvalue weighted by Gasteiger charge is -2.22. The van der Waals surface area contributed by atoms with Crippen LogP contribution in [0.25, 0.3) is 0 Å². The van der Waals surface area contributed by atoms with E-state index in [4.69, 9.17) is 16.3 Å². The lowest BCUT2D eigenvalue weighted by Crippen LogP contribution is -2.30. The summed E-state index contributed by atoms with van der Waals surface area (Å²) in [4.78, 5) is 27.4. The van der Waals surface area contributed by atoms with Crippen molar-refractivity contribution in [3.05, 3.63) is 16.0 Å². The fourth-order valence-corrected chi connectivity index (χ4v) is 3.75. The molecule has 0 aliphatic carbocycles. The van der Waals surface area contributed by atoms with E-state index in [0.717, 1.165) is 30.0 Å². The highest BCUT2D eigenvalue weighted by molar-refractivity contribution is 7.17. The molecule has 22 heavy (non-hydrogen) atoms. The van der Waals surface area contributed by atoms with Gasteiger partial charge in [-0.25, -0.2) is 9.59 Å². The van der Waals surface area contributed by atoms with Gasteiger partial charge in [0.1, 0.15) is 5.00 Å². The van der Waals surface area contributed by atoms with Gasteiger partial charge >= 0.3 is 12.0 Å². The number of likely N-dealkylation sites (N-methyl/N-ethyl adjacent to an activating group) is 1. The van der Waals surface area contributed by atoms with Gasteiger partial charge in [-0.05, 0) is 26.0 Å². The summed E-state index contributed by atoms with van der Waals surface area (Å²) in [7, 11) is 2.03. The number of thiophene rings is 1. The van der Waals surface area contributed by atoms with Gasteiger partial charge in [0.25, 0.3) is 0 Å². The number of hydrogen-bond acceptors (Lipinski definition) is 5. The van der Waals surface area contributed by atoms with Gasteiger partial charge in [-0.15, -0.1) is 22.9 Å². The number of anilines is 1. The summed E-state index contributed by atoms with van der Waals surface area (Å²) in [5.74, 6) is -0.0404. The van der Waals surface area contributed by atoms with E-state index >= 15 is 0 Å². The van der Waals surface area contributed by atoms with E-state index in [9.17, 15) is 9.59 Å². The average molecular weight is 346 g/mol. The first kappa shape index (κ1) is 17.1. The molecule has 2 heterocycles. The van der Waals surface area contributed by atoms with Gasteiger partial charge in [-0.1, -0.05) is 0 Å². The maximum absolute atomic E-state index is 12.3. The van der Waals surface area contributed by atoms with E-state index in [1.54, 1.807) is 6.92 Å². The number of hydrogen-bond donors (Lipinski definition) is 2. The highest BCUT2D eigenvalue weighted by atomic mass is 35.5. The Balaban J connectivity index is 2.27. The van der Waals surface area contributed by atoms with Crippen molar-refractivity contribution in [2.75, 3.05) is 37.9 Å². The van der Waals surface area contributed by atoms with E-state index < -0.39 is 0 Å². The number of alkyl halides is 1. The monoisotopic (exact) mass is 345 g/mol. The number of nitrogens with zero attached hydrogens (tertiary/aromatic N) is 1. The van der Waals surface area contributed by atoms with Crippen molar-refractivity contribution in [1.82, 2.24) is 10.2 Å². The summed E-state index contributed by atoms with van der Waals surface area (Å²) in [5, 5.41) is 5.92. The van der Waals surface area contributed by atoms with Crippen molar-refractivity contribution in [2.24, 2.45) is 0 Å². The Hall–Kier alpha value is -1.31. The van der Waals surface area contributed by atoms with Gasteiger partial charge in [-0.2, -0.15) is 0 Å². The molecule has 0 spiro atoms. The zero-order valence-corrected chi connectivity index (χ0v) is 14.3. The molecule has 1 aliphatic rings. The Labute approximate surface area is 138 Å². The summed E-state index contributed by atoms with van der Waals surface area (Å²) >= 11 is 6.98. The van der Waals surface area contributed by atoms with E-state index in [1.807, 2.05) is 7.05 Å². The third-order valence-corrected chi connectivity index (χ3v) is 4.66. The van der Waals surface area contributed by atoms with E-state index in [1.165, 1.54) is 11.3 Å². The van der Waals surface area contributed by atoms with Crippen LogP contribution >= 0.6 is 22.9 Å². The smallest absolute Gasteiger partial charge is 0.341 e. The number of ether oxygens (including phenoxy) is 1. The van der Waals surface area contributed by atoms with Gasteiger partial charge in [-0.3, -0.25) is 5.32 Å². The van der Waals surface area contributed by atoms with Gasteiger partial charge in [0.15, 0.2) is 0 Å². The fourth-order valence-electron chi connectivity index (χ4n) is 2.35. The van der Waals surface area contributed by atoms with Gasteiger partial charge in [0.05, 0.1) is 12.2 Å². The van der Waals surface area contributed by atoms with Crippen LogP contribution in [0.5, 0.6) is 0 Å². The molecule has 2 amide bonds. The molecule has 1 aliphatic heterocycles. The Morgan fingerprint density at radius 1 is 1.45 bits per heavy atom. The Morgan fingerprint density at radius 3 is 2.91 bits per heavy atom. The first-order chi connectivity index (χ1) is 10.6. The number of amides is 2. The SMILES string of the molecule is CCOC(=O)c1c(NC(=O)NCCCl)sc2c1CCN(C)C2. The van der Waals surface area contributed by atoms with Crippen LogP contribution in [0.15, 0.2) is 0 Å². The number of nitrogens with one attached hydrogen (secondary N) is 2. The number of carbonyl (C=O) groups excluding carboxylic acids is 2. The lowest BCUT2D eigenvalue weighted by molar-refractivity contribution is 0.0526. The number of halogens is 1. The first-order valence-electron chi connectivity index (χ1n) is 7.17. The summed E-state index contributed by atoms with van der Waals surface area (Å²) < 4.78 is 5.14. The minimum absolute atomic E-state index is 0.307. The second kappa shape index (κ2) is 7.80. The van der Waals surface area contributed by atoms with Crippen LogP contribution in [-0.4, -0.2) is 49.5 Å². The molecule has 0 fully saturated rings. The molecule has 122 valence electrons. The number of rotatable bonds is 5.